The van der Waals surface area contributed by atoms with Crippen molar-refractivity contribution in [3.05, 3.63) is 71.9 Å². The van der Waals surface area contributed by atoms with Crippen LogP contribution in [0.5, 0.6) is 0 Å². The maximum absolute atomic E-state index is 12.5. The fraction of sp³-hybridized carbons (Fsp3) is 0.667. The van der Waals surface area contributed by atoms with Crippen LogP contribution < -0.4 is 35.3 Å². The molecule has 0 amide bonds. The predicted octanol–water partition coefficient (Wildman–Crippen LogP) is 6.12. The van der Waals surface area contributed by atoms with Crippen LogP contribution in [-0.2, 0) is 76.4 Å². The Hall–Kier alpha value is -5.90. The molecule has 0 aromatic heterocycles. The molecule has 10 aliphatic rings. The molecule has 22 heteroatoms. The third-order valence-corrected chi connectivity index (χ3v) is 20.7. The van der Waals surface area contributed by atoms with Gasteiger partial charge >= 0.3 is 89.3 Å². The zero-order chi connectivity index (χ0) is 63.6. The Bertz CT molecular complexity index is 2630. The zero-order valence-electron chi connectivity index (χ0n) is 51.9. The molecule has 0 radical (unpaired) electrons. The summed E-state index contributed by atoms with van der Waals surface area (Å²) in [5.74, 6) is -5.04. The van der Waals surface area contributed by atoms with Crippen molar-refractivity contribution in [1.29, 1.82) is 0 Å². The van der Waals surface area contributed by atoms with E-state index in [0.717, 1.165) is 28.9 Å². The van der Waals surface area contributed by atoms with Gasteiger partial charge in [0.15, 0.2) is 0 Å². The van der Waals surface area contributed by atoms with Gasteiger partial charge < -0.3 is 54.6 Å². The van der Waals surface area contributed by atoms with Crippen molar-refractivity contribution in [3.8, 4) is 0 Å². The van der Waals surface area contributed by atoms with E-state index in [1.54, 1.807) is 24.3 Å². The third kappa shape index (κ3) is 17.5. The number of esters is 6. The number of carboxylic acid groups (broad SMARTS) is 4. The van der Waals surface area contributed by atoms with E-state index < -0.39 is 70.8 Å². The van der Waals surface area contributed by atoms with Crippen LogP contribution in [0.2, 0.25) is 0 Å². The fourth-order valence-electron chi connectivity index (χ4n) is 16.8. The Morgan fingerprint density at radius 1 is 0.545 bits per heavy atom. The average Bonchev–Trinajstić information content (AvgIpc) is 1.13. The normalized spacial score (nSPS) is 34.1. The summed E-state index contributed by atoms with van der Waals surface area (Å²) in [6.07, 6.45) is 20.8. The van der Waals surface area contributed by atoms with Crippen LogP contribution >= 0.6 is 0 Å². The number of nitrogens with two attached hydrogens (primary N) is 1. The molecule has 8 aliphatic carbocycles. The van der Waals surface area contributed by atoms with E-state index >= 15 is 0 Å². The molecule has 10 rings (SSSR count). The Balaban J connectivity index is 0.000000235. The molecular formula is C66H89NNaO20+. The van der Waals surface area contributed by atoms with Gasteiger partial charge in [0.05, 0.1) is 62.5 Å². The van der Waals surface area contributed by atoms with E-state index in [2.05, 4.69) is 27.0 Å². The molecule has 0 aromatic carbocycles. The smallest absolute Gasteiger partial charge is 0.481 e. The number of carboxylic acids is 4. The first-order valence-electron chi connectivity index (χ1n) is 30.8. The molecule has 4 bridgehead atoms. The standard InChI is InChI=1S/2C28H36O10.C10H17N.Na/c2*1-17-4-7-20-27(2,19(17)6-5-18-13-15-36-26(18)35)14-12-21(38-25(34)11-9-23(31)32)28(20,3)16-37-24(33)10-8-22(29)30;11-10-4-7-1-8(5-10)3-9(2-7)6-10;/h2*5-6,13,19-21H,1,4,7-12,14-16H2,2-3H3,(H,29,30)(H,31,32);7-9H,1-6,11H2;/q;;;+1/b2*6-5+;;. The molecule has 0 saturated heterocycles. The minimum atomic E-state index is -1.11. The van der Waals surface area contributed by atoms with Gasteiger partial charge in [-0.3, -0.25) is 38.4 Å². The average molecular weight is 1240 g/mol. The molecule has 10 unspecified atom stereocenters. The number of carbonyl (C=O) groups excluding carboxylic acids is 6. The number of rotatable bonds is 22. The number of ether oxygens (including phenoxy) is 6. The maximum Gasteiger partial charge on any atom is 1.00 e. The second-order valence-electron chi connectivity index (χ2n) is 26.9. The first-order valence-corrected chi connectivity index (χ1v) is 30.8. The van der Waals surface area contributed by atoms with Gasteiger partial charge in [0.25, 0.3) is 0 Å². The SMILES string of the molecule is C=C1CCC2C(C)(COC(=O)CCC(=O)O)C(OC(=O)CCC(=O)O)CCC2(C)C1/C=C/C1=CCOC1=O.C=C1CCC2C(C)(COC(=O)CCC(=O)O)C(OC(=O)CCC(=O)O)CCC2(C)C1/C=C/C1=CCOC1=O.NC12CC3CC(CC(C3)C1)C2.[Na+]. The number of aliphatic carboxylic acids is 4. The van der Waals surface area contributed by atoms with Crippen molar-refractivity contribution >= 4 is 59.7 Å². The molecule has 6 N–H and O–H groups in total. The second-order valence-corrected chi connectivity index (χ2v) is 26.9. The first kappa shape index (κ1) is 71.2. The van der Waals surface area contributed by atoms with E-state index in [0.29, 0.717) is 68.1 Å². The Labute approximate surface area is 537 Å². The van der Waals surface area contributed by atoms with E-state index in [-0.39, 0.29) is 154 Å². The Morgan fingerprint density at radius 3 is 1.17 bits per heavy atom. The van der Waals surface area contributed by atoms with Gasteiger partial charge in [-0.25, -0.2) is 9.59 Å². The zero-order valence-corrected chi connectivity index (χ0v) is 53.9. The van der Waals surface area contributed by atoms with Crippen LogP contribution in [-0.4, -0.2) is 124 Å². The molecule has 0 spiro atoms. The van der Waals surface area contributed by atoms with Crippen molar-refractivity contribution in [2.24, 2.45) is 68.8 Å². The monoisotopic (exact) mass is 1240 g/mol. The van der Waals surface area contributed by atoms with Crippen LogP contribution in [0, 0.1) is 63.1 Å². The number of cyclic esters (lactones) is 2. The summed E-state index contributed by atoms with van der Waals surface area (Å²) in [5.41, 5.74) is 7.28. The van der Waals surface area contributed by atoms with Crippen molar-refractivity contribution in [2.45, 2.75) is 187 Å². The quantitative estimate of drug-likeness (QED) is 0.0353. The molecule has 88 heavy (non-hydrogen) atoms. The topological polar surface area (TPSA) is 333 Å². The molecule has 8 saturated carbocycles. The molecule has 10 atom stereocenters. The van der Waals surface area contributed by atoms with Gasteiger partial charge in [0, 0.05) is 28.2 Å². The maximum atomic E-state index is 12.5. The molecule has 0 aromatic rings. The summed E-state index contributed by atoms with van der Waals surface area (Å²) in [6.45, 7) is 17.0. The molecule has 21 nitrogen and oxygen atoms in total. The minimum absolute atomic E-state index is 0. The number of fused-ring (bicyclic) bond motifs is 2. The summed E-state index contributed by atoms with van der Waals surface area (Å²) >= 11 is 0. The molecule has 8 fully saturated rings. The van der Waals surface area contributed by atoms with Crippen LogP contribution in [0.4, 0.5) is 0 Å². The fourth-order valence-corrected chi connectivity index (χ4v) is 16.8. The van der Waals surface area contributed by atoms with Gasteiger partial charge in [-0.2, -0.15) is 0 Å². The molecular weight excluding hydrogens is 1150 g/mol. The summed E-state index contributed by atoms with van der Waals surface area (Å²) in [7, 11) is 0. The van der Waals surface area contributed by atoms with E-state index in [1.165, 1.54) is 38.5 Å². The number of carbonyl (C=O) groups is 10. The molecule has 2 heterocycles. The van der Waals surface area contributed by atoms with Crippen molar-refractivity contribution in [2.75, 3.05) is 26.4 Å². The molecule has 478 valence electrons. The summed E-state index contributed by atoms with van der Waals surface area (Å²) in [5, 5.41) is 35.7. The largest absolute Gasteiger partial charge is 1.00 e. The number of allylic oxidation sites excluding steroid dienone is 4. The van der Waals surface area contributed by atoms with E-state index in [1.807, 2.05) is 26.0 Å². The van der Waals surface area contributed by atoms with Gasteiger partial charge in [0.2, 0.25) is 0 Å². The Morgan fingerprint density at radius 2 is 0.875 bits per heavy atom. The van der Waals surface area contributed by atoms with E-state index in [9.17, 15) is 47.9 Å². The van der Waals surface area contributed by atoms with Crippen molar-refractivity contribution < 1.29 is 126 Å². The van der Waals surface area contributed by atoms with Crippen LogP contribution in [0.25, 0.3) is 0 Å². The van der Waals surface area contributed by atoms with E-state index in [4.69, 9.17) is 54.6 Å². The predicted molar refractivity (Wildman–Crippen MR) is 312 cm³/mol. The minimum Gasteiger partial charge on any atom is -0.481 e. The van der Waals surface area contributed by atoms with Crippen LogP contribution in [0.15, 0.2) is 71.9 Å². The van der Waals surface area contributed by atoms with Crippen LogP contribution in [0.1, 0.15) is 169 Å². The first-order chi connectivity index (χ1) is 41.0. The summed E-state index contributed by atoms with van der Waals surface area (Å²) < 4.78 is 32.7. The second kappa shape index (κ2) is 30.3. The van der Waals surface area contributed by atoms with Gasteiger partial charge in [0.1, 0.15) is 38.6 Å². The molecule has 2 aliphatic heterocycles. The Kier molecular flexibility index (Phi) is 24.5. The van der Waals surface area contributed by atoms with Gasteiger partial charge in [-0.05, 0) is 142 Å². The van der Waals surface area contributed by atoms with Gasteiger partial charge in [-0.1, -0.05) is 76.3 Å². The summed E-state index contributed by atoms with van der Waals surface area (Å²) in [6, 6.07) is 0. The van der Waals surface area contributed by atoms with Crippen molar-refractivity contribution in [3.63, 3.8) is 0 Å². The van der Waals surface area contributed by atoms with Crippen molar-refractivity contribution in [1.82, 2.24) is 0 Å². The number of hydrogen-bond acceptors (Lipinski definition) is 17. The number of hydrogen-bond donors (Lipinski definition) is 5. The summed E-state index contributed by atoms with van der Waals surface area (Å²) in [4.78, 5) is 117. The van der Waals surface area contributed by atoms with Crippen LogP contribution in [0.3, 0.4) is 0 Å². The third-order valence-electron chi connectivity index (χ3n) is 20.7. The van der Waals surface area contributed by atoms with Gasteiger partial charge in [-0.15, -0.1) is 0 Å².